The first-order chi connectivity index (χ1) is 17.8. The van der Waals surface area contributed by atoms with Gasteiger partial charge in [0.2, 0.25) is 5.91 Å². The Kier molecular flexibility index (Phi) is 8.56. The third-order valence-electron chi connectivity index (χ3n) is 5.34. The molecule has 3 aromatic carbocycles. The van der Waals surface area contributed by atoms with Gasteiger partial charge < -0.3 is 9.08 Å². The first kappa shape index (κ1) is 28.4. The first-order valence-electron chi connectivity index (χ1n) is 11.2. The van der Waals surface area contributed by atoms with Crippen LogP contribution in [0.1, 0.15) is 30.5 Å². The van der Waals surface area contributed by atoms with Crippen LogP contribution in [0.5, 0.6) is 5.75 Å². The number of halogens is 3. The molecule has 0 N–H and O–H groups in total. The zero-order valence-electron chi connectivity index (χ0n) is 20.3. The number of alkyl halides is 3. The third kappa shape index (κ3) is 7.42. The van der Waals surface area contributed by atoms with Crippen LogP contribution in [0.2, 0.25) is 0 Å². The molecule has 0 saturated carbocycles. The van der Waals surface area contributed by atoms with Crippen molar-refractivity contribution < 1.29 is 35.5 Å². The molecule has 12 heteroatoms. The molecule has 0 fully saturated rings. The summed E-state index contributed by atoms with van der Waals surface area (Å²) in [5.41, 5.74) is -0.0892. The molecule has 0 radical (unpaired) electrons. The lowest BCUT2D eigenvalue weighted by atomic mass is 10.1. The Hall–Kier alpha value is -4.19. The molecule has 0 aliphatic rings. The number of hydrogen-bond donors (Lipinski definition) is 0. The number of carbonyl (C=O) groups excluding carboxylic acids is 1. The van der Waals surface area contributed by atoms with E-state index >= 15 is 0 Å². The number of benzene rings is 3. The zero-order valence-corrected chi connectivity index (χ0v) is 21.1. The minimum atomic E-state index is -4.72. The average Bonchev–Trinajstić information content (AvgIpc) is 2.85. The average molecular weight is 549 g/mol. The number of non-ortho nitro benzene ring substituents is 1. The predicted molar refractivity (Wildman–Crippen MR) is 134 cm³/mol. The van der Waals surface area contributed by atoms with Crippen LogP contribution in [-0.4, -0.2) is 30.2 Å². The molecule has 3 aromatic rings. The van der Waals surface area contributed by atoms with Crippen molar-refractivity contribution in [2.75, 3.05) is 0 Å². The SMILES string of the molecule is CC(C)N(Cc1cccc(OS(=O)(=O)c2cccc(C(F)(F)F)c2)c1)C(=O)C=Cc1ccc([N+](=O)[O-])cc1. The van der Waals surface area contributed by atoms with Gasteiger partial charge in [-0.15, -0.1) is 0 Å². The summed E-state index contributed by atoms with van der Waals surface area (Å²) >= 11 is 0. The van der Waals surface area contributed by atoms with E-state index in [0.29, 0.717) is 17.2 Å². The molecule has 0 bridgehead atoms. The van der Waals surface area contributed by atoms with Gasteiger partial charge in [0.1, 0.15) is 10.6 Å². The number of hydrogen-bond acceptors (Lipinski definition) is 6. The van der Waals surface area contributed by atoms with Crippen molar-refractivity contribution in [2.24, 2.45) is 0 Å². The van der Waals surface area contributed by atoms with Gasteiger partial charge in [-0.05, 0) is 73.5 Å². The van der Waals surface area contributed by atoms with Crippen LogP contribution in [0.4, 0.5) is 18.9 Å². The fraction of sp³-hybridized carbons (Fsp3) is 0.192. The smallest absolute Gasteiger partial charge is 0.379 e. The fourth-order valence-corrected chi connectivity index (χ4v) is 4.35. The predicted octanol–water partition coefficient (Wildman–Crippen LogP) is 5.83. The number of amides is 1. The largest absolute Gasteiger partial charge is 0.416 e. The van der Waals surface area contributed by atoms with Gasteiger partial charge in [-0.3, -0.25) is 14.9 Å². The van der Waals surface area contributed by atoms with Crippen LogP contribution >= 0.6 is 0 Å². The summed E-state index contributed by atoms with van der Waals surface area (Å²) in [5.74, 6) is -0.487. The monoisotopic (exact) mass is 548 g/mol. The molecular formula is C26H23F3N2O6S. The van der Waals surface area contributed by atoms with Crippen LogP contribution in [0, 0.1) is 10.1 Å². The lowest BCUT2D eigenvalue weighted by Crippen LogP contribution is -2.35. The van der Waals surface area contributed by atoms with E-state index in [1.165, 1.54) is 59.5 Å². The minimum Gasteiger partial charge on any atom is -0.379 e. The fourth-order valence-electron chi connectivity index (χ4n) is 3.38. The summed E-state index contributed by atoms with van der Waals surface area (Å²) in [5, 5.41) is 10.8. The molecule has 0 heterocycles. The van der Waals surface area contributed by atoms with Crippen molar-refractivity contribution in [3.63, 3.8) is 0 Å². The summed E-state index contributed by atoms with van der Waals surface area (Å²) in [6.45, 7) is 3.66. The molecular weight excluding hydrogens is 525 g/mol. The molecule has 0 saturated heterocycles. The van der Waals surface area contributed by atoms with Gasteiger partial charge in [0.15, 0.2) is 0 Å². The van der Waals surface area contributed by atoms with Crippen molar-refractivity contribution in [2.45, 2.75) is 37.5 Å². The summed E-state index contributed by atoms with van der Waals surface area (Å²) in [6.07, 6.45) is -1.88. The van der Waals surface area contributed by atoms with E-state index in [1.807, 2.05) is 0 Å². The number of nitrogens with zero attached hydrogens (tertiary/aromatic N) is 2. The number of nitro groups is 1. The van der Waals surface area contributed by atoms with Crippen molar-refractivity contribution >= 4 is 27.8 Å². The van der Waals surface area contributed by atoms with E-state index in [1.54, 1.807) is 19.9 Å². The van der Waals surface area contributed by atoms with Gasteiger partial charge in [0.05, 0.1) is 10.5 Å². The van der Waals surface area contributed by atoms with Gasteiger partial charge in [0, 0.05) is 30.8 Å². The third-order valence-corrected chi connectivity index (χ3v) is 6.58. The number of carbonyl (C=O) groups is 1. The van der Waals surface area contributed by atoms with Crippen LogP contribution < -0.4 is 4.18 Å². The molecule has 200 valence electrons. The maximum atomic E-state index is 13.0. The first-order valence-corrected chi connectivity index (χ1v) is 12.6. The second-order valence-electron chi connectivity index (χ2n) is 8.45. The molecule has 3 rings (SSSR count). The van der Waals surface area contributed by atoms with Crippen molar-refractivity contribution in [3.8, 4) is 5.75 Å². The molecule has 0 aliphatic carbocycles. The molecule has 0 aromatic heterocycles. The summed E-state index contributed by atoms with van der Waals surface area (Å²) in [6, 6.07) is 14.5. The topological polar surface area (TPSA) is 107 Å². The lowest BCUT2D eigenvalue weighted by Gasteiger charge is -2.26. The zero-order chi connectivity index (χ0) is 28.1. The molecule has 0 unspecified atom stereocenters. The quantitative estimate of drug-likeness (QED) is 0.144. The van der Waals surface area contributed by atoms with Crippen LogP contribution in [0.3, 0.4) is 0 Å². The maximum absolute atomic E-state index is 13.0. The Morgan fingerprint density at radius 1 is 1.05 bits per heavy atom. The summed E-state index contributed by atoms with van der Waals surface area (Å²) in [7, 11) is -4.56. The van der Waals surface area contributed by atoms with Crippen molar-refractivity contribution in [3.05, 3.63) is 106 Å². The van der Waals surface area contributed by atoms with Gasteiger partial charge in [-0.25, -0.2) is 0 Å². The Morgan fingerprint density at radius 2 is 1.71 bits per heavy atom. The molecule has 38 heavy (non-hydrogen) atoms. The molecule has 8 nitrogen and oxygen atoms in total. The van der Waals surface area contributed by atoms with E-state index in [9.17, 15) is 36.5 Å². The Morgan fingerprint density at radius 3 is 2.32 bits per heavy atom. The van der Waals surface area contributed by atoms with Gasteiger partial charge >= 0.3 is 16.3 Å². The van der Waals surface area contributed by atoms with Crippen molar-refractivity contribution in [1.29, 1.82) is 0 Å². The van der Waals surface area contributed by atoms with E-state index in [0.717, 1.165) is 18.2 Å². The maximum Gasteiger partial charge on any atom is 0.416 e. The lowest BCUT2D eigenvalue weighted by molar-refractivity contribution is -0.384. The standard InChI is InChI=1S/C26H23F3N2O6S/c1-18(2)30(25(32)14-11-19-9-12-22(13-10-19)31(33)34)17-20-5-3-7-23(15-20)37-38(35,36)24-8-4-6-21(16-24)26(27,28)29/h3-16,18H,17H2,1-2H3. The highest BCUT2D eigenvalue weighted by Crippen LogP contribution is 2.31. The second kappa shape index (κ2) is 11.5. The molecule has 0 atom stereocenters. The highest BCUT2D eigenvalue weighted by molar-refractivity contribution is 7.87. The van der Waals surface area contributed by atoms with Gasteiger partial charge in [-0.2, -0.15) is 21.6 Å². The van der Waals surface area contributed by atoms with Crippen LogP contribution in [0.25, 0.3) is 6.08 Å². The Bertz CT molecular complexity index is 1450. The van der Waals surface area contributed by atoms with Gasteiger partial charge in [-0.1, -0.05) is 18.2 Å². The van der Waals surface area contributed by atoms with Crippen LogP contribution in [-0.2, 0) is 27.6 Å². The van der Waals surface area contributed by atoms with Gasteiger partial charge in [0.25, 0.3) is 5.69 Å². The van der Waals surface area contributed by atoms with Crippen molar-refractivity contribution in [1.82, 2.24) is 4.90 Å². The van der Waals surface area contributed by atoms with E-state index < -0.39 is 31.7 Å². The highest BCUT2D eigenvalue weighted by atomic mass is 32.2. The highest BCUT2D eigenvalue weighted by Gasteiger charge is 2.32. The molecule has 0 aliphatic heterocycles. The Labute approximate surface area is 217 Å². The number of rotatable bonds is 9. The summed E-state index contributed by atoms with van der Waals surface area (Å²) < 4.78 is 69.2. The molecule has 0 spiro atoms. The summed E-state index contributed by atoms with van der Waals surface area (Å²) in [4.78, 5) is 24.0. The van der Waals surface area contributed by atoms with E-state index in [-0.39, 0.29) is 29.9 Å². The van der Waals surface area contributed by atoms with E-state index in [2.05, 4.69) is 0 Å². The second-order valence-corrected chi connectivity index (χ2v) is 10.00. The minimum absolute atomic E-state index is 0.0746. The normalized spacial score (nSPS) is 12.1. The molecule has 1 amide bonds. The Balaban J connectivity index is 1.75. The van der Waals surface area contributed by atoms with E-state index in [4.69, 9.17) is 4.18 Å². The number of nitro benzene ring substituents is 1. The van der Waals surface area contributed by atoms with Crippen LogP contribution in [0.15, 0.2) is 83.8 Å².